The molecule has 2 N–H and O–H groups in total. The minimum Gasteiger partial charge on any atom is -0.506 e. The molecule has 1 aliphatic rings. The van der Waals surface area contributed by atoms with E-state index in [1.807, 2.05) is 27.7 Å². The Kier molecular flexibility index (Phi) is 3.40. The van der Waals surface area contributed by atoms with E-state index in [1.165, 1.54) is 6.07 Å². The summed E-state index contributed by atoms with van der Waals surface area (Å²) in [7, 11) is -0.610. The molecule has 0 radical (unpaired) electrons. The van der Waals surface area contributed by atoms with Crippen molar-refractivity contribution in [2.45, 2.75) is 58.3 Å². The van der Waals surface area contributed by atoms with Crippen LogP contribution < -0.4 is 5.59 Å². The van der Waals surface area contributed by atoms with Crippen LogP contribution in [0.4, 0.5) is 0 Å². The van der Waals surface area contributed by atoms with Gasteiger partial charge in [-0.25, -0.2) is 0 Å². The molecule has 0 amide bonds. The van der Waals surface area contributed by atoms with Crippen LogP contribution >= 0.6 is 0 Å². The smallest absolute Gasteiger partial charge is 0.506 e. The van der Waals surface area contributed by atoms with Gasteiger partial charge in [0, 0.05) is 0 Å². The fourth-order valence-corrected chi connectivity index (χ4v) is 2.01. The molecule has 1 saturated heterocycles. The summed E-state index contributed by atoms with van der Waals surface area (Å²) < 4.78 is 11.8. The standard InChI is InChI=1S/C14H22BNO4/c1-12(2,18)11-9(17)7-8-10(16-11)15-19-13(3,4)14(5,6)20-15/h7-8,17-18H,1-6H3. The zero-order valence-electron chi connectivity index (χ0n) is 12.9. The Hall–Kier alpha value is -1.11. The lowest BCUT2D eigenvalue weighted by Gasteiger charge is -2.32. The molecule has 0 unspecified atom stereocenters. The minimum absolute atomic E-state index is 0.0437. The zero-order chi connectivity index (χ0) is 15.3. The average Bonchev–Trinajstić information content (AvgIpc) is 2.47. The van der Waals surface area contributed by atoms with Gasteiger partial charge >= 0.3 is 7.12 Å². The number of rotatable bonds is 2. The van der Waals surface area contributed by atoms with Crippen molar-refractivity contribution < 1.29 is 19.5 Å². The highest BCUT2D eigenvalue weighted by Crippen LogP contribution is 2.36. The van der Waals surface area contributed by atoms with Crippen LogP contribution in [0, 0.1) is 0 Å². The summed E-state index contributed by atoms with van der Waals surface area (Å²) in [5.74, 6) is -0.0437. The molecule has 110 valence electrons. The highest BCUT2D eigenvalue weighted by molar-refractivity contribution is 6.61. The maximum Gasteiger partial charge on any atom is 0.514 e. The van der Waals surface area contributed by atoms with Crippen molar-refractivity contribution in [1.29, 1.82) is 0 Å². The van der Waals surface area contributed by atoms with E-state index in [1.54, 1.807) is 19.9 Å². The molecule has 2 heterocycles. The molecule has 2 rings (SSSR count). The number of nitrogens with zero attached hydrogens (tertiary/aromatic N) is 1. The molecule has 0 spiro atoms. The van der Waals surface area contributed by atoms with Gasteiger partial charge in [0.2, 0.25) is 0 Å². The van der Waals surface area contributed by atoms with Crippen LogP contribution in [-0.4, -0.2) is 33.5 Å². The first kappa shape index (κ1) is 15.3. The van der Waals surface area contributed by atoms with Crippen molar-refractivity contribution in [2.75, 3.05) is 0 Å². The van der Waals surface area contributed by atoms with Crippen molar-refractivity contribution in [3.05, 3.63) is 17.8 Å². The number of pyridine rings is 1. The highest BCUT2D eigenvalue weighted by atomic mass is 16.7. The van der Waals surface area contributed by atoms with Gasteiger partial charge < -0.3 is 19.5 Å². The van der Waals surface area contributed by atoms with Crippen LogP contribution in [0.5, 0.6) is 5.75 Å². The Morgan fingerprint density at radius 2 is 1.60 bits per heavy atom. The topological polar surface area (TPSA) is 71.8 Å². The van der Waals surface area contributed by atoms with E-state index in [-0.39, 0.29) is 11.4 Å². The third kappa shape index (κ3) is 2.55. The van der Waals surface area contributed by atoms with E-state index in [4.69, 9.17) is 9.31 Å². The van der Waals surface area contributed by atoms with E-state index in [0.29, 0.717) is 5.59 Å². The van der Waals surface area contributed by atoms with Gasteiger partial charge in [0.15, 0.2) is 0 Å². The molecule has 20 heavy (non-hydrogen) atoms. The summed E-state index contributed by atoms with van der Waals surface area (Å²) in [6.45, 7) is 11.0. The summed E-state index contributed by atoms with van der Waals surface area (Å²) >= 11 is 0. The molecule has 1 fully saturated rings. The van der Waals surface area contributed by atoms with Crippen LogP contribution in [0.2, 0.25) is 0 Å². The van der Waals surface area contributed by atoms with Gasteiger partial charge in [0.05, 0.1) is 16.8 Å². The normalized spacial score (nSPS) is 21.2. The molecule has 1 aromatic rings. The third-order valence-corrected chi connectivity index (χ3v) is 3.97. The predicted molar refractivity (Wildman–Crippen MR) is 76.9 cm³/mol. The lowest BCUT2D eigenvalue weighted by atomic mass is 9.83. The second-order valence-electron chi connectivity index (χ2n) is 6.75. The molecule has 0 aromatic carbocycles. The molecular weight excluding hydrogens is 257 g/mol. The van der Waals surface area contributed by atoms with E-state index in [0.717, 1.165) is 0 Å². The van der Waals surface area contributed by atoms with E-state index < -0.39 is 23.9 Å². The summed E-state index contributed by atoms with van der Waals surface area (Å²) in [6.07, 6.45) is 0. The Bertz CT molecular complexity index is 506. The van der Waals surface area contributed by atoms with Gasteiger partial charge in [-0.1, -0.05) is 0 Å². The monoisotopic (exact) mass is 279 g/mol. The van der Waals surface area contributed by atoms with Crippen molar-refractivity contribution in [3.63, 3.8) is 0 Å². The SMILES string of the molecule is CC(C)(O)c1nc(B2OC(C)(C)C(C)(C)O2)ccc1O. The Morgan fingerprint density at radius 3 is 2.05 bits per heavy atom. The number of hydrogen-bond acceptors (Lipinski definition) is 5. The first-order valence-corrected chi connectivity index (χ1v) is 6.72. The Morgan fingerprint density at radius 1 is 1.10 bits per heavy atom. The number of aliphatic hydroxyl groups is 1. The number of hydrogen-bond donors (Lipinski definition) is 2. The second-order valence-corrected chi connectivity index (χ2v) is 6.75. The molecule has 0 aliphatic carbocycles. The largest absolute Gasteiger partial charge is 0.514 e. The fourth-order valence-electron chi connectivity index (χ4n) is 2.01. The first-order valence-electron chi connectivity index (χ1n) is 6.72. The number of aromatic nitrogens is 1. The van der Waals surface area contributed by atoms with Gasteiger partial charge in [-0.2, -0.15) is 0 Å². The van der Waals surface area contributed by atoms with Crippen LogP contribution in [-0.2, 0) is 14.9 Å². The van der Waals surface area contributed by atoms with Gasteiger partial charge in [-0.3, -0.25) is 4.98 Å². The van der Waals surface area contributed by atoms with Crippen molar-refractivity contribution >= 4 is 12.7 Å². The molecule has 0 atom stereocenters. The zero-order valence-corrected chi connectivity index (χ0v) is 12.9. The summed E-state index contributed by atoms with van der Waals surface area (Å²) in [5, 5.41) is 19.9. The second kappa shape index (κ2) is 4.45. The molecule has 1 aromatic heterocycles. The predicted octanol–water partition coefficient (Wildman–Crippen LogP) is 1.31. The summed E-state index contributed by atoms with van der Waals surface area (Å²) in [4.78, 5) is 4.31. The maximum absolute atomic E-state index is 10.0. The molecule has 1 aliphatic heterocycles. The molecular formula is C14H22BNO4. The quantitative estimate of drug-likeness (QED) is 0.799. The minimum atomic E-state index is -1.23. The lowest BCUT2D eigenvalue weighted by Crippen LogP contribution is -2.41. The van der Waals surface area contributed by atoms with Crippen LogP contribution in [0.3, 0.4) is 0 Å². The molecule has 0 saturated carbocycles. The van der Waals surface area contributed by atoms with E-state index in [9.17, 15) is 10.2 Å². The van der Waals surface area contributed by atoms with E-state index in [2.05, 4.69) is 4.98 Å². The summed E-state index contributed by atoms with van der Waals surface area (Å²) in [6, 6.07) is 3.15. The Balaban J connectivity index is 2.37. The third-order valence-electron chi connectivity index (χ3n) is 3.97. The molecule has 0 bridgehead atoms. The highest BCUT2D eigenvalue weighted by Gasteiger charge is 2.52. The van der Waals surface area contributed by atoms with E-state index >= 15 is 0 Å². The van der Waals surface area contributed by atoms with Crippen LogP contribution in [0.1, 0.15) is 47.2 Å². The maximum atomic E-state index is 10.0. The molecule has 6 heteroatoms. The van der Waals surface area contributed by atoms with Gasteiger partial charge in [-0.15, -0.1) is 0 Å². The fraction of sp³-hybridized carbons (Fsp3) is 0.643. The van der Waals surface area contributed by atoms with Gasteiger partial charge in [0.25, 0.3) is 0 Å². The van der Waals surface area contributed by atoms with Crippen molar-refractivity contribution in [1.82, 2.24) is 4.98 Å². The van der Waals surface area contributed by atoms with Crippen molar-refractivity contribution in [3.8, 4) is 5.75 Å². The average molecular weight is 279 g/mol. The first-order chi connectivity index (χ1) is 8.94. The van der Waals surface area contributed by atoms with Gasteiger partial charge in [0.1, 0.15) is 17.0 Å². The van der Waals surface area contributed by atoms with Crippen molar-refractivity contribution in [2.24, 2.45) is 0 Å². The number of aromatic hydroxyl groups is 1. The molecule has 5 nitrogen and oxygen atoms in total. The van der Waals surface area contributed by atoms with Crippen LogP contribution in [0.15, 0.2) is 12.1 Å². The van der Waals surface area contributed by atoms with Crippen LogP contribution in [0.25, 0.3) is 0 Å². The van der Waals surface area contributed by atoms with Gasteiger partial charge in [-0.05, 0) is 53.7 Å². The Labute approximate surface area is 120 Å². The lowest BCUT2D eigenvalue weighted by molar-refractivity contribution is 0.00578. The summed E-state index contributed by atoms with van der Waals surface area (Å²) in [5.41, 5.74) is -1.38.